The van der Waals surface area contributed by atoms with Gasteiger partial charge in [-0.3, -0.25) is 9.20 Å². The van der Waals surface area contributed by atoms with Crippen LogP contribution in [0.3, 0.4) is 0 Å². The van der Waals surface area contributed by atoms with Crippen molar-refractivity contribution in [2.75, 3.05) is 13.2 Å². The molecule has 19 heavy (non-hydrogen) atoms. The highest BCUT2D eigenvalue weighted by Gasteiger charge is 2.17. The minimum absolute atomic E-state index is 0.0766. The Morgan fingerprint density at radius 1 is 1.47 bits per heavy atom. The predicted octanol–water partition coefficient (Wildman–Crippen LogP) is 1.32. The van der Waals surface area contributed by atoms with Gasteiger partial charge in [0.15, 0.2) is 0 Å². The first-order valence-corrected chi connectivity index (χ1v) is 6.54. The van der Waals surface area contributed by atoms with E-state index in [2.05, 4.69) is 10.3 Å². The number of amides is 1. The maximum Gasteiger partial charge on any atom is 0.270 e. The van der Waals surface area contributed by atoms with Gasteiger partial charge in [-0.05, 0) is 31.4 Å². The first-order valence-electron chi connectivity index (χ1n) is 6.54. The maximum absolute atomic E-state index is 12.2. The molecule has 0 aliphatic carbocycles. The number of fused-ring (bicyclic) bond motifs is 1. The third-order valence-electron chi connectivity index (χ3n) is 3.01. The number of carbonyl (C=O) groups is 1. The van der Waals surface area contributed by atoms with Crippen molar-refractivity contribution in [3.8, 4) is 0 Å². The van der Waals surface area contributed by atoms with Crippen LogP contribution >= 0.6 is 0 Å². The standard InChI is InChI=1S/C14H19N3O2/c1-3-11-13(14(19)15-7-4-8-18)17-9-10(2)5-6-12(17)16-11/h5-6,9,18H,3-4,7-8H2,1-2H3,(H,15,19). The highest BCUT2D eigenvalue weighted by atomic mass is 16.3. The normalized spacial score (nSPS) is 10.9. The van der Waals surface area contributed by atoms with Gasteiger partial charge < -0.3 is 10.4 Å². The number of pyridine rings is 1. The second-order valence-corrected chi connectivity index (χ2v) is 4.53. The monoisotopic (exact) mass is 261 g/mol. The van der Waals surface area contributed by atoms with Gasteiger partial charge in [-0.25, -0.2) is 4.98 Å². The molecule has 5 heteroatoms. The number of hydrogen-bond donors (Lipinski definition) is 2. The number of rotatable bonds is 5. The van der Waals surface area contributed by atoms with Crippen molar-refractivity contribution in [3.63, 3.8) is 0 Å². The summed E-state index contributed by atoms with van der Waals surface area (Å²) in [6.45, 7) is 4.52. The molecule has 2 heterocycles. The number of aryl methyl sites for hydroxylation is 2. The van der Waals surface area contributed by atoms with Crippen LogP contribution in [0.2, 0.25) is 0 Å². The lowest BCUT2D eigenvalue weighted by atomic mass is 10.2. The molecule has 2 aromatic rings. The number of aliphatic hydroxyl groups excluding tert-OH is 1. The van der Waals surface area contributed by atoms with Gasteiger partial charge in [0.2, 0.25) is 0 Å². The topological polar surface area (TPSA) is 66.6 Å². The van der Waals surface area contributed by atoms with Crippen LogP contribution in [0.5, 0.6) is 0 Å². The van der Waals surface area contributed by atoms with Crippen LogP contribution in [-0.4, -0.2) is 33.6 Å². The predicted molar refractivity (Wildman–Crippen MR) is 73.3 cm³/mol. The Morgan fingerprint density at radius 2 is 2.26 bits per heavy atom. The van der Waals surface area contributed by atoms with E-state index in [9.17, 15) is 4.79 Å². The minimum atomic E-state index is -0.136. The Morgan fingerprint density at radius 3 is 2.95 bits per heavy atom. The Labute approximate surface area is 112 Å². The van der Waals surface area contributed by atoms with Crippen molar-refractivity contribution < 1.29 is 9.90 Å². The third-order valence-corrected chi connectivity index (χ3v) is 3.01. The van der Waals surface area contributed by atoms with Crippen molar-refractivity contribution >= 4 is 11.6 Å². The summed E-state index contributed by atoms with van der Waals surface area (Å²) in [5.41, 5.74) is 3.26. The number of carbonyl (C=O) groups excluding carboxylic acids is 1. The molecule has 2 aromatic heterocycles. The molecular weight excluding hydrogens is 242 g/mol. The zero-order chi connectivity index (χ0) is 13.8. The average Bonchev–Trinajstić information content (AvgIpc) is 2.76. The first-order chi connectivity index (χ1) is 9.17. The molecule has 2 N–H and O–H groups in total. The summed E-state index contributed by atoms with van der Waals surface area (Å²) in [5, 5.41) is 11.6. The van der Waals surface area contributed by atoms with E-state index in [0.29, 0.717) is 25.1 Å². The van der Waals surface area contributed by atoms with Crippen LogP contribution in [0.1, 0.15) is 35.1 Å². The number of aromatic nitrogens is 2. The summed E-state index contributed by atoms with van der Waals surface area (Å²) in [7, 11) is 0. The molecule has 0 atom stereocenters. The molecule has 0 radical (unpaired) electrons. The second kappa shape index (κ2) is 5.84. The van der Waals surface area contributed by atoms with Gasteiger partial charge in [0, 0.05) is 19.3 Å². The smallest absolute Gasteiger partial charge is 0.270 e. The molecule has 5 nitrogen and oxygen atoms in total. The molecule has 0 fully saturated rings. The summed E-state index contributed by atoms with van der Waals surface area (Å²) < 4.78 is 1.84. The molecule has 0 aliphatic heterocycles. The van der Waals surface area contributed by atoms with E-state index in [0.717, 1.165) is 16.9 Å². The van der Waals surface area contributed by atoms with E-state index < -0.39 is 0 Å². The number of nitrogens with one attached hydrogen (secondary N) is 1. The summed E-state index contributed by atoms with van der Waals surface area (Å²) >= 11 is 0. The van der Waals surface area contributed by atoms with E-state index in [1.165, 1.54) is 0 Å². The molecule has 0 saturated carbocycles. The third kappa shape index (κ3) is 2.76. The second-order valence-electron chi connectivity index (χ2n) is 4.53. The SMILES string of the molecule is CCc1nc2ccc(C)cn2c1C(=O)NCCCO. The fourth-order valence-electron chi connectivity index (χ4n) is 2.05. The van der Waals surface area contributed by atoms with Crippen LogP contribution in [-0.2, 0) is 6.42 Å². The molecule has 0 aliphatic rings. The van der Waals surface area contributed by atoms with Gasteiger partial charge in [0.25, 0.3) is 5.91 Å². The number of imidazole rings is 1. The van der Waals surface area contributed by atoms with Crippen molar-refractivity contribution in [2.24, 2.45) is 0 Å². The molecule has 0 unspecified atom stereocenters. The molecule has 0 spiro atoms. The highest BCUT2D eigenvalue weighted by Crippen LogP contribution is 2.14. The molecule has 0 bridgehead atoms. The minimum Gasteiger partial charge on any atom is -0.396 e. The van der Waals surface area contributed by atoms with Crippen molar-refractivity contribution in [1.29, 1.82) is 0 Å². The molecular formula is C14H19N3O2. The molecule has 0 aromatic carbocycles. The zero-order valence-corrected chi connectivity index (χ0v) is 11.3. The molecule has 0 saturated heterocycles. The van der Waals surface area contributed by atoms with Gasteiger partial charge >= 0.3 is 0 Å². The van der Waals surface area contributed by atoms with E-state index in [1.54, 1.807) is 0 Å². The van der Waals surface area contributed by atoms with E-state index in [-0.39, 0.29) is 12.5 Å². The molecule has 1 amide bonds. The van der Waals surface area contributed by atoms with Crippen LogP contribution < -0.4 is 5.32 Å². The maximum atomic E-state index is 12.2. The quantitative estimate of drug-likeness (QED) is 0.798. The summed E-state index contributed by atoms with van der Waals surface area (Å²) in [6, 6.07) is 3.90. The van der Waals surface area contributed by atoms with E-state index in [1.807, 2.05) is 36.6 Å². The van der Waals surface area contributed by atoms with Crippen molar-refractivity contribution in [3.05, 3.63) is 35.3 Å². The number of nitrogens with zero attached hydrogens (tertiary/aromatic N) is 2. The van der Waals surface area contributed by atoms with E-state index >= 15 is 0 Å². The van der Waals surface area contributed by atoms with Gasteiger partial charge in [0.05, 0.1) is 5.69 Å². The van der Waals surface area contributed by atoms with E-state index in [4.69, 9.17) is 5.11 Å². The Bertz CT molecular complexity index is 590. The average molecular weight is 261 g/mol. The first kappa shape index (κ1) is 13.5. The fourth-order valence-corrected chi connectivity index (χ4v) is 2.05. The number of aliphatic hydroxyl groups is 1. The summed E-state index contributed by atoms with van der Waals surface area (Å²) in [5.74, 6) is -0.136. The Kier molecular flexibility index (Phi) is 4.16. The lowest BCUT2D eigenvalue weighted by Gasteiger charge is -2.06. The zero-order valence-electron chi connectivity index (χ0n) is 11.3. The van der Waals surface area contributed by atoms with Gasteiger partial charge in [-0.2, -0.15) is 0 Å². The summed E-state index contributed by atoms with van der Waals surface area (Å²) in [6.07, 6.45) is 3.19. The van der Waals surface area contributed by atoms with Gasteiger partial charge in [-0.1, -0.05) is 13.0 Å². The largest absolute Gasteiger partial charge is 0.396 e. The van der Waals surface area contributed by atoms with Crippen LogP contribution in [0.25, 0.3) is 5.65 Å². The Balaban J connectivity index is 2.39. The molecule has 2 rings (SSSR count). The fraction of sp³-hybridized carbons (Fsp3) is 0.429. The van der Waals surface area contributed by atoms with Crippen LogP contribution in [0.4, 0.5) is 0 Å². The molecule has 102 valence electrons. The lowest BCUT2D eigenvalue weighted by Crippen LogP contribution is -2.27. The van der Waals surface area contributed by atoms with Crippen LogP contribution in [0.15, 0.2) is 18.3 Å². The summed E-state index contributed by atoms with van der Waals surface area (Å²) in [4.78, 5) is 16.7. The van der Waals surface area contributed by atoms with Crippen LogP contribution in [0, 0.1) is 6.92 Å². The highest BCUT2D eigenvalue weighted by molar-refractivity contribution is 5.94. The van der Waals surface area contributed by atoms with Crippen molar-refractivity contribution in [2.45, 2.75) is 26.7 Å². The number of hydrogen-bond acceptors (Lipinski definition) is 3. The lowest BCUT2D eigenvalue weighted by molar-refractivity contribution is 0.0944. The van der Waals surface area contributed by atoms with Gasteiger partial charge in [-0.15, -0.1) is 0 Å². The van der Waals surface area contributed by atoms with Gasteiger partial charge in [0.1, 0.15) is 11.3 Å². The Hall–Kier alpha value is -1.88. The van der Waals surface area contributed by atoms with Crippen molar-refractivity contribution in [1.82, 2.24) is 14.7 Å².